The number of nitrogens with one attached hydrogen (secondary N) is 2. The van der Waals surface area contributed by atoms with E-state index in [1.54, 1.807) is 36.4 Å². The first-order valence-electron chi connectivity index (χ1n) is 7.42. The van der Waals surface area contributed by atoms with Gasteiger partial charge in [0.15, 0.2) is 0 Å². The number of aromatic nitrogens is 2. The van der Waals surface area contributed by atoms with Gasteiger partial charge in [-0.25, -0.2) is 14.8 Å². The minimum atomic E-state index is -0.591. The predicted molar refractivity (Wildman–Crippen MR) is 97.6 cm³/mol. The van der Waals surface area contributed by atoms with Gasteiger partial charge in [-0.3, -0.25) is 9.78 Å². The van der Waals surface area contributed by atoms with Crippen LogP contribution >= 0.6 is 11.6 Å². The Balaban J connectivity index is 1.91. The second kappa shape index (κ2) is 7.59. The van der Waals surface area contributed by atoms with Crippen molar-refractivity contribution in [1.82, 2.24) is 9.97 Å². The fourth-order valence-corrected chi connectivity index (χ4v) is 2.29. The molecule has 6 nitrogen and oxygen atoms in total. The third kappa shape index (κ3) is 3.94. The van der Waals surface area contributed by atoms with Gasteiger partial charge in [0, 0.05) is 10.6 Å². The van der Waals surface area contributed by atoms with Crippen LogP contribution < -0.4 is 11.0 Å². The summed E-state index contributed by atoms with van der Waals surface area (Å²) in [5, 5.41) is 13.7. The number of hydrogen-bond acceptors (Lipinski definition) is 5. The SMILES string of the molecule is N#Cc1c(-c2ccc(Cl)cc2)nc(NN=Cc2ccc(F)cc2)[nH]c1=O. The Hall–Kier alpha value is -3.50. The van der Waals surface area contributed by atoms with Crippen LogP contribution in [0.1, 0.15) is 11.1 Å². The van der Waals surface area contributed by atoms with Crippen molar-refractivity contribution in [2.24, 2.45) is 5.10 Å². The van der Waals surface area contributed by atoms with Crippen LogP contribution in [0.2, 0.25) is 5.02 Å². The summed E-state index contributed by atoms with van der Waals surface area (Å²) in [4.78, 5) is 18.8. The molecule has 0 unspecified atom stereocenters. The lowest BCUT2D eigenvalue weighted by Gasteiger charge is -2.06. The van der Waals surface area contributed by atoms with E-state index in [4.69, 9.17) is 11.6 Å². The van der Waals surface area contributed by atoms with Gasteiger partial charge >= 0.3 is 0 Å². The molecule has 3 aromatic rings. The van der Waals surface area contributed by atoms with Crippen molar-refractivity contribution < 1.29 is 4.39 Å². The second-order valence-corrected chi connectivity index (χ2v) is 5.61. The molecule has 0 saturated heterocycles. The van der Waals surface area contributed by atoms with E-state index in [9.17, 15) is 14.4 Å². The fourth-order valence-electron chi connectivity index (χ4n) is 2.16. The molecule has 26 heavy (non-hydrogen) atoms. The third-order valence-electron chi connectivity index (χ3n) is 3.40. The largest absolute Gasteiger partial charge is 0.290 e. The van der Waals surface area contributed by atoms with Gasteiger partial charge in [0.05, 0.1) is 11.9 Å². The number of H-pyrrole nitrogens is 1. The topological polar surface area (TPSA) is 93.9 Å². The molecule has 3 rings (SSSR count). The van der Waals surface area contributed by atoms with E-state index in [0.717, 1.165) is 0 Å². The Kier molecular flexibility index (Phi) is 5.06. The Morgan fingerprint density at radius 1 is 1.19 bits per heavy atom. The minimum absolute atomic E-state index is 0.0670. The number of hydrogen-bond donors (Lipinski definition) is 2. The number of benzene rings is 2. The van der Waals surface area contributed by atoms with Crippen LogP contribution in [0.5, 0.6) is 0 Å². The van der Waals surface area contributed by atoms with E-state index in [-0.39, 0.29) is 23.0 Å². The van der Waals surface area contributed by atoms with Gasteiger partial charge in [-0.05, 0) is 29.8 Å². The zero-order chi connectivity index (χ0) is 18.5. The molecule has 2 aromatic carbocycles. The molecule has 0 bridgehead atoms. The first-order valence-corrected chi connectivity index (χ1v) is 7.79. The molecule has 1 heterocycles. The number of nitrogens with zero attached hydrogens (tertiary/aromatic N) is 3. The molecule has 0 atom stereocenters. The Bertz CT molecular complexity index is 1050. The maximum absolute atomic E-state index is 12.9. The number of nitriles is 1. The van der Waals surface area contributed by atoms with Crippen molar-refractivity contribution in [1.29, 1.82) is 5.26 Å². The summed E-state index contributed by atoms with van der Waals surface area (Å²) in [6, 6.07) is 14.2. The standard InChI is InChI=1S/C18H11ClFN5O/c19-13-5-3-12(4-6-13)16-15(9-21)17(26)24-18(23-16)25-22-10-11-1-7-14(20)8-2-11/h1-8,10H,(H2,23,24,25,26). The van der Waals surface area contributed by atoms with Crippen molar-refractivity contribution in [3.8, 4) is 17.3 Å². The number of rotatable bonds is 4. The normalized spacial score (nSPS) is 10.7. The number of aromatic amines is 1. The molecule has 0 amide bonds. The van der Waals surface area contributed by atoms with Gasteiger partial charge in [-0.15, -0.1) is 0 Å². The van der Waals surface area contributed by atoms with Gasteiger partial charge in [0.2, 0.25) is 5.95 Å². The Morgan fingerprint density at radius 2 is 1.88 bits per heavy atom. The van der Waals surface area contributed by atoms with Gasteiger partial charge in [0.25, 0.3) is 5.56 Å². The molecule has 8 heteroatoms. The van der Waals surface area contributed by atoms with Gasteiger partial charge in [-0.2, -0.15) is 10.4 Å². The van der Waals surface area contributed by atoms with E-state index in [1.807, 2.05) is 6.07 Å². The van der Waals surface area contributed by atoms with Crippen LogP contribution in [-0.4, -0.2) is 16.2 Å². The molecule has 0 aliphatic carbocycles. The van der Waals surface area contributed by atoms with E-state index in [2.05, 4.69) is 20.5 Å². The molecule has 0 saturated carbocycles. The van der Waals surface area contributed by atoms with Crippen molar-refractivity contribution >= 4 is 23.8 Å². The molecule has 0 spiro atoms. The highest BCUT2D eigenvalue weighted by Crippen LogP contribution is 2.22. The number of anilines is 1. The van der Waals surface area contributed by atoms with Crippen molar-refractivity contribution in [3.05, 3.63) is 80.9 Å². The zero-order valence-electron chi connectivity index (χ0n) is 13.2. The van der Waals surface area contributed by atoms with Gasteiger partial charge < -0.3 is 0 Å². The molecule has 0 aliphatic rings. The Morgan fingerprint density at radius 3 is 2.54 bits per heavy atom. The maximum Gasteiger partial charge on any atom is 0.270 e. The first-order chi connectivity index (χ1) is 12.6. The van der Waals surface area contributed by atoms with Crippen LogP contribution in [0.4, 0.5) is 10.3 Å². The predicted octanol–water partition coefficient (Wildman–Crippen LogP) is 3.55. The monoisotopic (exact) mass is 367 g/mol. The van der Waals surface area contributed by atoms with Gasteiger partial charge in [-0.1, -0.05) is 35.9 Å². The smallest absolute Gasteiger partial charge is 0.270 e. The van der Waals surface area contributed by atoms with Crippen molar-refractivity contribution in [2.75, 3.05) is 5.43 Å². The fraction of sp³-hybridized carbons (Fsp3) is 0. The van der Waals surface area contributed by atoms with Crippen LogP contribution in [-0.2, 0) is 0 Å². The summed E-state index contributed by atoms with van der Waals surface area (Å²) >= 11 is 5.86. The lowest BCUT2D eigenvalue weighted by molar-refractivity contribution is 0.628. The highest BCUT2D eigenvalue weighted by molar-refractivity contribution is 6.30. The average Bonchev–Trinajstić information content (AvgIpc) is 2.63. The van der Waals surface area contributed by atoms with Crippen molar-refractivity contribution in [2.45, 2.75) is 0 Å². The Labute approximate surface area is 152 Å². The minimum Gasteiger partial charge on any atom is -0.290 e. The quantitative estimate of drug-likeness (QED) is 0.544. The third-order valence-corrected chi connectivity index (χ3v) is 3.65. The van der Waals surface area contributed by atoms with Crippen LogP contribution in [0.25, 0.3) is 11.3 Å². The number of hydrazone groups is 1. The number of halogens is 2. The molecule has 0 radical (unpaired) electrons. The summed E-state index contributed by atoms with van der Waals surface area (Å²) in [5.41, 5.74) is 3.34. The van der Waals surface area contributed by atoms with Crippen LogP contribution in [0.3, 0.4) is 0 Å². The van der Waals surface area contributed by atoms with Gasteiger partial charge in [0.1, 0.15) is 17.4 Å². The molecular formula is C18H11ClFN5O. The maximum atomic E-state index is 12.9. The summed E-state index contributed by atoms with van der Waals surface area (Å²) in [6.07, 6.45) is 1.44. The molecule has 2 N–H and O–H groups in total. The van der Waals surface area contributed by atoms with E-state index in [1.165, 1.54) is 18.3 Å². The molecular weight excluding hydrogens is 357 g/mol. The lowest BCUT2D eigenvalue weighted by atomic mass is 10.1. The summed E-state index contributed by atoms with van der Waals surface area (Å²) in [7, 11) is 0. The lowest BCUT2D eigenvalue weighted by Crippen LogP contribution is -2.16. The van der Waals surface area contributed by atoms with Crippen LogP contribution in [0.15, 0.2) is 58.4 Å². The zero-order valence-corrected chi connectivity index (χ0v) is 14.0. The molecule has 128 valence electrons. The highest BCUT2D eigenvalue weighted by Gasteiger charge is 2.13. The first kappa shape index (κ1) is 17.3. The second-order valence-electron chi connectivity index (χ2n) is 5.18. The highest BCUT2D eigenvalue weighted by atomic mass is 35.5. The van der Waals surface area contributed by atoms with E-state index in [0.29, 0.717) is 16.1 Å². The summed E-state index contributed by atoms with van der Waals surface area (Å²) < 4.78 is 12.9. The molecule has 0 aliphatic heterocycles. The summed E-state index contributed by atoms with van der Waals surface area (Å²) in [5.74, 6) is -0.280. The molecule has 1 aromatic heterocycles. The van der Waals surface area contributed by atoms with Crippen molar-refractivity contribution in [3.63, 3.8) is 0 Å². The van der Waals surface area contributed by atoms with Crippen LogP contribution in [0, 0.1) is 17.1 Å². The average molecular weight is 368 g/mol. The molecule has 0 fully saturated rings. The van der Waals surface area contributed by atoms with E-state index < -0.39 is 5.56 Å². The van der Waals surface area contributed by atoms with E-state index >= 15 is 0 Å². The summed E-state index contributed by atoms with van der Waals surface area (Å²) in [6.45, 7) is 0.